The van der Waals surface area contributed by atoms with E-state index in [1.165, 1.54) is 12.1 Å². The zero-order valence-electron chi connectivity index (χ0n) is 8.88. The predicted molar refractivity (Wildman–Crippen MR) is 62.7 cm³/mol. The number of rotatable bonds is 3. The molecule has 0 aromatic heterocycles. The Hall–Kier alpha value is -1.85. The van der Waals surface area contributed by atoms with E-state index in [-0.39, 0.29) is 11.2 Å². The number of para-hydroxylation sites is 1. The summed E-state index contributed by atoms with van der Waals surface area (Å²) in [6, 6.07) is 12.5. The summed E-state index contributed by atoms with van der Waals surface area (Å²) in [5.41, 5.74) is 0.0518. The summed E-state index contributed by atoms with van der Waals surface area (Å²) in [5.74, 6) is 0.192. The summed E-state index contributed by atoms with van der Waals surface area (Å²) in [5, 5.41) is 17.9. The maximum absolute atomic E-state index is 13.2. The SMILES string of the molecule is OB(O)c1cc(F)cc(Oc2ccccc2)c1. The Balaban J connectivity index is 2.27. The van der Waals surface area contributed by atoms with Gasteiger partial charge in [0.05, 0.1) is 0 Å². The number of benzene rings is 2. The smallest absolute Gasteiger partial charge is 0.457 e. The van der Waals surface area contributed by atoms with Gasteiger partial charge in [0.25, 0.3) is 0 Å². The minimum atomic E-state index is -1.72. The fraction of sp³-hybridized carbons (Fsp3) is 0. The minimum Gasteiger partial charge on any atom is -0.457 e. The Kier molecular flexibility index (Phi) is 3.42. The fourth-order valence-electron chi connectivity index (χ4n) is 1.42. The van der Waals surface area contributed by atoms with Gasteiger partial charge in [-0.3, -0.25) is 0 Å². The van der Waals surface area contributed by atoms with Crippen LogP contribution in [-0.4, -0.2) is 17.2 Å². The monoisotopic (exact) mass is 232 g/mol. The molecular weight excluding hydrogens is 222 g/mol. The average molecular weight is 232 g/mol. The van der Waals surface area contributed by atoms with Gasteiger partial charge in [-0.15, -0.1) is 0 Å². The maximum atomic E-state index is 13.2. The van der Waals surface area contributed by atoms with Crippen molar-refractivity contribution in [3.8, 4) is 11.5 Å². The first-order valence-corrected chi connectivity index (χ1v) is 5.05. The zero-order valence-corrected chi connectivity index (χ0v) is 8.88. The quantitative estimate of drug-likeness (QED) is 0.784. The van der Waals surface area contributed by atoms with Gasteiger partial charge < -0.3 is 14.8 Å². The number of hydrogen-bond acceptors (Lipinski definition) is 3. The first-order chi connectivity index (χ1) is 8.15. The highest BCUT2D eigenvalue weighted by atomic mass is 19.1. The zero-order chi connectivity index (χ0) is 12.3. The third-order valence-corrected chi connectivity index (χ3v) is 2.17. The third kappa shape index (κ3) is 3.06. The second kappa shape index (κ2) is 4.99. The molecule has 17 heavy (non-hydrogen) atoms. The van der Waals surface area contributed by atoms with E-state index < -0.39 is 12.9 Å². The lowest BCUT2D eigenvalue weighted by molar-refractivity contribution is 0.424. The van der Waals surface area contributed by atoms with Crippen LogP contribution in [0.2, 0.25) is 0 Å². The second-order valence-corrected chi connectivity index (χ2v) is 3.51. The van der Waals surface area contributed by atoms with E-state index in [2.05, 4.69) is 0 Å². The van der Waals surface area contributed by atoms with Crippen molar-refractivity contribution in [1.29, 1.82) is 0 Å². The molecule has 5 heteroatoms. The van der Waals surface area contributed by atoms with Gasteiger partial charge >= 0.3 is 7.12 Å². The number of hydrogen-bond donors (Lipinski definition) is 2. The Morgan fingerprint density at radius 1 is 0.941 bits per heavy atom. The van der Waals surface area contributed by atoms with Crippen molar-refractivity contribution in [3.05, 3.63) is 54.3 Å². The van der Waals surface area contributed by atoms with Gasteiger partial charge in [-0.1, -0.05) is 18.2 Å². The van der Waals surface area contributed by atoms with E-state index >= 15 is 0 Å². The Morgan fingerprint density at radius 2 is 1.65 bits per heavy atom. The Labute approximate surface area is 98.2 Å². The summed E-state index contributed by atoms with van der Waals surface area (Å²) in [6.45, 7) is 0. The predicted octanol–water partition coefficient (Wildman–Crippen LogP) is 1.30. The fourth-order valence-corrected chi connectivity index (χ4v) is 1.42. The van der Waals surface area contributed by atoms with Crippen LogP contribution in [0.15, 0.2) is 48.5 Å². The van der Waals surface area contributed by atoms with Gasteiger partial charge in [-0.2, -0.15) is 0 Å². The molecule has 0 saturated carbocycles. The van der Waals surface area contributed by atoms with Crippen LogP contribution in [0.5, 0.6) is 11.5 Å². The van der Waals surface area contributed by atoms with Gasteiger partial charge in [0.1, 0.15) is 17.3 Å². The highest BCUT2D eigenvalue weighted by Gasteiger charge is 2.13. The summed E-state index contributed by atoms with van der Waals surface area (Å²) in [7, 11) is -1.72. The molecule has 0 aliphatic rings. The summed E-state index contributed by atoms with van der Waals surface area (Å²) in [6.07, 6.45) is 0. The van der Waals surface area contributed by atoms with Gasteiger partial charge in [0, 0.05) is 6.07 Å². The van der Waals surface area contributed by atoms with Gasteiger partial charge in [0.15, 0.2) is 0 Å². The lowest BCUT2D eigenvalue weighted by Crippen LogP contribution is -2.30. The number of halogens is 1. The topological polar surface area (TPSA) is 49.7 Å². The van der Waals surface area contributed by atoms with Crippen molar-refractivity contribution < 1.29 is 19.2 Å². The van der Waals surface area contributed by atoms with Gasteiger partial charge in [-0.25, -0.2) is 4.39 Å². The molecule has 0 radical (unpaired) electrons. The van der Waals surface area contributed by atoms with E-state index in [1.54, 1.807) is 24.3 Å². The molecule has 0 heterocycles. The lowest BCUT2D eigenvalue weighted by atomic mass is 9.80. The molecule has 0 saturated heterocycles. The molecule has 0 bridgehead atoms. The standard InChI is InChI=1S/C12H10BFO3/c14-10-6-9(13(15)16)7-12(8-10)17-11-4-2-1-3-5-11/h1-8,15-16H. The molecule has 0 amide bonds. The van der Waals surface area contributed by atoms with Crippen molar-refractivity contribution in [2.75, 3.05) is 0 Å². The first kappa shape index (κ1) is 11.6. The molecule has 0 aliphatic heterocycles. The van der Waals surface area contributed by atoms with Crippen LogP contribution in [0.3, 0.4) is 0 Å². The van der Waals surface area contributed by atoms with E-state index in [4.69, 9.17) is 14.8 Å². The molecule has 0 fully saturated rings. The highest BCUT2D eigenvalue weighted by molar-refractivity contribution is 6.58. The van der Waals surface area contributed by atoms with E-state index in [1.807, 2.05) is 6.07 Å². The minimum absolute atomic E-state index is 0.0518. The molecule has 3 nitrogen and oxygen atoms in total. The van der Waals surface area contributed by atoms with E-state index in [9.17, 15) is 4.39 Å². The van der Waals surface area contributed by atoms with Crippen LogP contribution in [0.25, 0.3) is 0 Å². The average Bonchev–Trinajstić information content (AvgIpc) is 2.29. The van der Waals surface area contributed by atoms with Crippen molar-refractivity contribution >= 4 is 12.6 Å². The molecule has 2 N–H and O–H groups in total. The third-order valence-electron chi connectivity index (χ3n) is 2.17. The molecular formula is C12H10BFO3. The first-order valence-electron chi connectivity index (χ1n) is 5.05. The summed E-state index contributed by atoms with van der Waals surface area (Å²) < 4.78 is 18.6. The summed E-state index contributed by atoms with van der Waals surface area (Å²) >= 11 is 0. The van der Waals surface area contributed by atoms with Crippen molar-refractivity contribution in [2.45, 2.75) is 0 Å². The van der Waals surface area contributed by atoms with E-state index in [0.717, 1.165) is 6.07 Å². The van der Waals surface area contributed by atoms with Crippen LogP contribution in [0.4, 0.5) is 4.39 Å². The van der Waals surface area contributed by atoms with Crippen molar-refractivity contribution in [2.24, 2.45) is 0 Å². The van der Waals surface area contributed by atoms with Gasteiger partial charge in [0.2, 0.25) is 0 Å². The molecule has 2 rings (SSSR count). The molecule has 0 spiro atoms. The van der Waals surface area contributed by atoms with E-state index in [0.29, 0.717) is 5.75 Å². The van der Waals surface area contributed by atoms with Crippen LogP contribution in [0.1, 0.15) is 0 Å². The Morgan fingerprint density at radius 3 is 2.29 bits per heavy atom. The number of ether oxygens (including phenoxy) is 1. The van der Waals surface area contributed by atoms with Crippen molar-refractivity contribution in [1.82, 2.24) is 0 Å². The maximum Gasteiger partial charge on any atom is 0.488 e. The second-order valence-electron chi connectivity index (χ2n) is 3.51. The lowest BCUT2D eigenvalue weighted by Gasteiger charge is -2.07. The van der Waals surface area contributed by atoms with Gasteiger partial charge in [-0.05, 0) is 29.7 Å². The van der Waals surface area contributed by atoms with Crippen LogP contribution >= 0.6 is 0 Å². The largest absolute Gasteiger partial charge is 0.488 e. The highest BCUT2D eigenvalue weighted by Crippen LogP contribution is 2.20. The summed E-state index contributed by atoms with van der Waals surface area (Å²) in [4.78, 5) is 0. The van der Waals surface area contributed by atoms with Crippen molar-refractivity contribution in [3.63, 3.8) is 0 Å². The molecule has 0 aliphatic carbocycles. The molecule has 0 atom stereocenters. The molecule has 86 valence electrons. The van der Waals surface area contributed by atoms with Crippen LogP contribution in [0, 0.1) is 5.82 Å². The van der Waals surface area contributed by atoms with Crippen LogP contribution in [-0.2, 0) is 0 Å². The molecule has 2 aromatic rings. The Bertz CT molecular complexity index is 502. The molecule has 2 aromatic carbocycles. The van der Waals surface area contributed by atoms with Crippen LogP contribution < -0.4 is 10.2 Å². The molecule has 0 unspecified atom stereocenters. The normalized spacial score (nSPS) is 10.1.